The first-order chi connectivity index (χ1) is 6.73. The summed E-state index contributed by atoms with van der Waals surface area (Å²) in [7, 11) is 0. The Morgan fingerprint density at radius 3 is 1.44 bits per heavy atom. The van der Waals surface area contributed by atoms with E-state index in [1.165, 1.54) is 32.1 Å². The molecule has 1 atom stereocenters. The van der Waals surface area contributed by atoms with Crippen molar-refractivity contribution in [1.29, 1.82) is 0 Å². The fourth-order valence-corrected chi connectivity index (χ4v) is 11.5. The molecule has 0 bridgehead atoms. The Bertz CT molecular complexity index is 180. The normalized spacial score (nSPS) is 20.2. The number of hydrogen-bond donors (Lipinski definition) is 0. The molecule has 0 N–H and O–H groups in total. The molecule has 0 heterocycles. The van der Waals surface area contributed by atoms with Gasteiger partial charge < -0.3 is 0 Å². The van der Waals surface area contributed by atoms with Crippen LogP contribution in [0.1, 0.15) is 73.6 Å². The van der Waals surface area contributed by atoms with E-state index < -0.39 is 16.8 Å². The van der Waals surface area contributed by atoms with E-state index in [4.69, 9.17) is 0 Å². The minimum Gasteiger partial charge on any atom is -0.153 e. The Hall–Kier alpha value is 1.09. The molecule has 0 aromatic carbocycles. The minimum absolute atomic E-state index is 0. The Morgan fingerprint density at radius 1 is 0.750 bits per heavy atom. The van der Waals surface area contributed by atoms with Gasteiger partial charge >= 0.3 is 103 Å². The van der Waals surface area contributed by atoms with E-state index in [9.17, 15) is 0 Å². The van der Waals surface area contributed by atoms with Gasteiger partial charge in [0, 0.05) is 0 Å². The third-order valence-corrected chi connectivity index (χ3v) is 9.97. The van der Waals surface area contributed by atoms with Crippen LogP contribution >= 0.6 is 9.90 Å². The van der Waals surface area contributed by atoms with Gasteiger partial charge in [0.15, 0.2) is 0 Å². The second-order valence-corrected chi connectivity index (χ2v) is 13.6. The van der Waals surface area contributed by atoms with E-state index in [1.54, 1.807) is 0 Å². The minimum atomic E-state index is -0.442. The van der Waals surface area contributed by atoms with Crippen molar-refractivity contribution in [3.05, 3.63) is 0 Å². The third-order valence-electron chi connectivity index (χ3n) is 2.78. The van der Waals surface area contributed by atoms with Crippen molar-refractivity contribution in [2.75, 3.05) is 0 Å². The molecule has 2 heteroatoms. The van der Waals surface area contributed by atoms with Gasteiger partial charge in [-0.05, 0) is 0 Å². The Labute approximate surface area is 112 Å². The quantitative estimate of drug-likeness (QED) is 0.416. The van der Waals surface area contributed by atoms with Crippen LogP contribution in [0, 0.1) is 0 Å². The predicted octanol–water partition coefficient (Wildman–Crippen LogP) is 5.85. The van der Waals surface area contributed by atoms with E-state index >= 15 is 0 Å². The molecule has 1 aliphatic carbocycles. The van der Waals surface area contributed by atoms with Crippen LogP contribution in [0.4, 0.5) is 0 Å². The van der Waals surface area contributed by atoms with Gasteiger partial charge in [-0.3, -0.25) is 0 Å². The molecule has 0 amide bonds. The summed E-state index contributed by atoms with van der Waals surface area (Å²) in [4.78, 5) is 0. The van der Waals surface area contributed by atoms with Crippen molar-refractivity contribution in [2.45, 2.75) is 85.8 Å². The first-order valence-corrected chi connectivity index (χ1v) is 8.77. The van der Waals surface area contributed by atoms with Crippen LogP contribution in [0.25, 0.3) is 0 Å². The fraction of sp³-hybridized carbons (Fsp3) is 1.00. The van der Waals surface area contributed by atoms with Crippen molar-refractivity contribution in [3.8, 4) is 0 Å². The summed E-state index contributed by atoms with van der Waals surface area (Å²) in [6, 6.07) is 0. The molecule has 0 radical (unpaired) electrons. The van der Waals surface area contributed by atoms with E-state index in [-0.39, 0.29) is 9.90 Å². The third kappa shape index (κ3) is 4.76. The van der Waals surface area contributed by atoms with Crippen molar-refractivity contribution in [2.24, 2.45) is 0 Å². The largest absolute Gasteiger partial charge is 0.153 e. The number of hydrogen-bond acceptors (Lipinski definition) is 0. The van der Waals surface area contributed by atoms with Crippen molar-refractivity contribution >= 4 is 9.90 Å². The Morgan fingerprint density at radius 2 is 1.12 bits per heavy atom. The van der Waals surface area contributed by atoms with Crippen LogP contribution < -0.4 is 0 Å². The molecule has 0 aliphatic heterocycles. The maximum Gasteiger partial charge on any atom is -0.153 e. The summed E-state index contributed by atoms with van der Waals surface area (Å²) in [5.41, 5.74) is 0. The zero-order chi connectivity index (χ0) is 11.7. The molecular formula is C14H32PPd. The molecule has 16 heavy (non-hydrogen) atoms. The van der Waals surface area contributed by atoms with Crippen LogP contribution in [0.2, 0.25) is 12.2 Å². The van der Waals surface area contributed by atoms with Gasteiger partial charge in [-0.15, -0.1) is 0 Å². The van der Waals surface area contributed by atoms with Crippen LogP contribution in [0.5, 0.6) is 0 Å². The first-order valence-electron chi connectivity index (χ1n) is 6.32. The molecule has 103 valence electrons. The summed E-state index contributed by atoms with van der Waals surface area (Å²) in [6.07, 6.45) is 7.52. The average molecular weight is 338 g/mol. The second-order valence-electron chi connectivity index (χ2n) is 6.40. The second kappa shape index (κ2) is 6.32. The maximum absolute atomic E-state index is 2.48. The summed E-state index contributed by atoms with van der Waals surface area (Å²) < 4.78 is 2.24. The molecular weight excluding hydrogens is 306 g/mol. The van der Waals surface area contributed by atoms with Gasteiger partial charge in [-0.1, -0.05) is 0 Å². The van der Waals surface area contributed by atoms with Crippen LogP contribution in [-0.2, 0) is 16.8 Å². The van der Waals surface area contributed by atoms with Gasteiger partial charge in [-0.2, -0.15) is 9.90 Å². The molecule has 1 rings (SSSR count). The summed E-state index contributed by atoms with van der Waals surface area (Å²) in [6.45, 7) is 14.9. The molecule has 1 saturated carbocycles. The molecule has 1 aliphatic rings. The van der Waals surface area contributed by atoms with E-state index in [0.29, 0.717) is 7.78 Å². The smallest absolute Gasteiger partial charge is 0.153 e. The first kappa shape index (κ1) is 17.1. The average Bonchev–Trinajstić information content (AvgIpc) is 2.00. The van der Waals surface area contributed by atoms with E-state index in [1.807, 2.05) is 0 Å². The summed E-state index contributed by atoms with van der Waals surface area (Å²) >= 11 is -0.442. The van der Waals surface area contributed by atoms with E-state index in [0.717, 1.165) is 4.39 Å². The zero-order valence-electron chi connectivity index (χ0n) is 12.1. The number of rotatable bonds is 1. The Balaban J connectivity index is 0.00000225. The molecule has 0 saturated heterocycles. The van der Waals surface area contributed by atoms with Crippen LogP contribution in [0.15, 0.2) is 0 Å². The van der Waals surface area contributed by atoms with Crippen LogP contribution in [-0.4, -0.2) is 0 Å². The fourth-order valence-electron chi connectivity index (χ4n) is 2.70. The molecule has 0 spiro atoms. The Kier molecular flexibility index (Phi) is 6.75. The molecule has 0 aromatic rings. The monoisotopic (exact) mass is 337 g/mol. The van der Waals surface area contributed by atoms with Gasteiger partial charge in [0.05, 0.1) is 0 Å². The van der Waals surface area contributed by atoms with E-state index in [2.05, 4.69) is 41.5 Å². The van der Waals surface area contributed by atoms with Crippen molar-refractivity contribution < 1.29 is 16.8 Å². The van der Waals surface area contributed by atoms with Gasteiger partial charge in [0.2, 0.25) is 0 Å². The maximum atomic E-state index is 2.48. The molecule has 1 fully saturated rings. The molecule has 0 nitrogen and oxygen atoms in total. The van der Waals surface area contributed by atoms with Crippen molar-refractivity contribution in [3.63, 3.8) is 0 Å². The summed E-state index contributed by atoms with van der Waals surface area (Å²) in [5.74, 6) is 0. The van der Waals surface area contributed by atoms with Crippen molar-refractivity contribution in [1.82, 2.24) is 0 Å². The summed E-state index contributed by atoms with van der Waals surface area (Å²) in [5, 5.41) is 0. The molecule has 0 aromatic heterocycles. The van der Waals surface area contributed by atoms with Crippen LogP contribution in [0.3, 0.4) is 0 Å². The van der Waals surface area contributed by atoms with Gasteiger partial charge in [0.1, 0.15) is 0 Å². The topological polar surface area (TPSA) is 0 Å². The SMILES string of the molecule is C[C](C)(C)[Pd]([CH]1CCCCC1)[C](C)(C)C.P. The standard InChI is InChI=1S/C6H11.2C4H9.H3P.Pd/c1-2-4-6-5-3-1;2*1-4(2)3;;/h1H,2-6H2;2*1-3H3;1H3;. The van der Waals surface area contributed by atoms with Gasteiger partial charge in [0.25, 0.3) is 0 Å². The molecule has 1 unspecified atom stereocenters. The zero-order valence-corrected chi connectivity index (χ0v) is 15.1. The predicted molar refractivity (Wildman–Crippen MR) is 77.4 cm³/mol. The van der Waals surface area contributed by atoms with Gasteiger partial charge in [-0.25, -0.2) is 0 Å².